The second kappa shape index (κ2) is 6.93. The average Bonchev–Trinajstić information content (AvgIpc) is 2.47. The van der Waals surface area contributed by atoms with Gasteiger partial charge in [-0.2, -0.15) is 0 Å². The number of benzene rings is 1. The number of sulfone groups is 1. The van der Waals surface area contributed by atoms with Gasteiger partial charge in [-0.3, -0.25) is 4.79 Å². The Bertz CT molecular complexity index is 585. The van der Waals surface area contributed by atoms with Crippen LogP contribution < -0.4 is 10.6 Å². The molecule has 0 spiro atoms. The van der Waals surface area contributed by atoms with Gasteiger partial charge in [-0.1, -0.05) is 19.1 Å². The van der Waals surface area contributed by atoms with E-state index in [9.17, 15) is 13.2 Å². The van der Waals surface area contributed by atoms with Crippen LogP contribution >= 0.6 is 0 Å². The van der Waals surface area contributed by atoms with Crippen LogP contribution in [0.3, 0.4) is 0 Å². The Morgan fingerprint density at radius 2 is 1.90 bits per heavy atom. The van der Waals surface area contributed by atoms with Crippen molar-refractivity contribution in [3.8, 4) is 0 Å². The highest BCUT2D eigenvalue weighted by Gasteiger charge is 2.25. The largest absolute Gasteiger partial charge is 0.384 e. The number of anilines is 1. The summed E-state index contributed by atoms with van der Waals surface area (Å²) in [5.74, 6) is 0.181. The molecule has 1 fully saturated rings. The molecule has 1 aliphatic rings. The second-order valence-electron chi connectivity index (χ2n) is 5.37. The van der Waals surface area contributed by atoms with Crippen molar-refractivity contribution in [3.63, 3.8) is 0 Å². The van der Waals surface area contributed by atoms with Crippen molar-refractivity contribution in [2.45, 2.75) is 32.2 Å². The Hall–Kier alpha value is -1.56. The number of rotatable bonds is 5. The van der Waals surface area contributed by atoms with Crippen molar-refractivity contribution in [2.75, 3.05) is 23.4 Å². The fraction of sp³-hybridized carbons (Fsp3) is 0.533. The van der Waals surface area contributed by atoms with Crippen molar-refractivity contribution >= 4 is 21.4 Å². The summed E-state index contributed by atoms with van der Waals surface area (Å²) in [7, 11) is -2.90. The number of carbonyl (C=O) groups excluding carboxylic acids is 1. The van der Waals surface area contributed by atoms with Gasteiger partial charge in [0.05, 0.1) is 17.1 Å². The third-order valence-electron chi connectivity index (χ3n) is 3.63. The van der Waals surface area contributed by atoms with E-state index >= 15 is 0 Å². The molecule has 0 aliphatic carbocycles. The molecule has 1 heterocycles. The normalized spacial score (nSPS) is 18.1. The van der Waals surface area contributed by atoms with Gasteiger partial charge in [0.1, 0.15) is 9.84 Å². The second-order valence-corrected chi connectivity index (χ2v) is 7.68. The molecule has 2 N–H and O–H groups in total. The molecule has 6 heteroatoms. The predicted octanol–water partition coefficient (Wildman–Crippen LogP) is 1.82. The number of nitrogens with one attached hydrogen (secondary N) is 2. The molecule has 0 unspecified atom stereocenters. The Labute approximate surface area is 126 Å². The summed E-state index contributed by atoms with van der Waals surface area (Å²) in [4.78, 5) is 12.4. The molecule has 5 nitrogen and oxygen atoms in total. The van der Waals surface area contributed by atoms with Gasteiger partial charge in [-0.25, -0.2) is 8.42 Å². The maximum absolute atomic E-state index is 12.4. The molecule has 0 radical (unpaired) electrons. The molecule has 1 saturated heterocycles. The van der Waals surface area contributed by atoms with E-state index < -0.39 is 9.84 Å². The van der Waals surface area contributed by atoms with Crippen LogP contribution in [0.2, 0.25) is 0 Å². The third kappa shape index (κ3) is 4.46. The molecule has 2 rings (SSSR count). The first-order valence-corrected chi connectivity index (χ1v) is 9.18. The minimum absolute atomic E-state index is 0.0553. The molecule has 0 saturated carbocycles. The zero-order chi connectivity index (χ0) is 15.3. The van der Waals surface area contributed by atoms with Crippen LogP contribution in [0.15, 0.2) is 24.3 Å². The minimum Gasteiger partial charge on any atom is -0.384 e. The van der Waals surface area contributed by atoms with Crippen molar-refractivity contribution < 1.29 is 13.2 Å². The van der Waals surface area contributed by atoms with E-state index in [4.69, 9.17) is 0 Å². The molecular formula is C15H22N2O3S. The molecule has 1 aromatic carbocycles. The Kier molecular flexibility index (Phi) is 5.22. The van der Waals surface area contributed by atoms with E-state index in [1.807, 2.05) is 18.2 Å². The monoisotopic (exact) mass is 310 g/mol. The lowest BCUT2D eigenvalue weighted by Gasteiger charge is -2.23. The number of para-hydroxylation sites is 1. The van der Waals surface area contributed by atoms with E-state index in [1.165, 1.54) is 0 Å². The van der Waals surface area contributed by atoms with E-state index in [1.54, 1.807) is 6.07 Å². The lowest BCUT2D eigenvalue weighted by Crippen LogP contribution is -2.41. The van der Waals surface area contributed by atoms with E-state index in [-0.39, 0.29) is 23.5 Å². The summed E-state index contributed by atoms with van der Waals surface area (Å²) in [6.45, 7) is 2.88. The zero-order valence-electron chi connectivity index (χ0n) is 12.3. The van der Waals surface area contributed by atoms with Gasteiger partial charge in [0.15, 0.2) is 0 Å². The van der Waals surface area contributed by atoms with Crippen LogP contribution in [0.5, 0.6) is 0 Å². The summed E-state index contributed by atoms with van der Waals surface area (Å²) in [6.07, 6.45) is 1.98. The molecular weight excluding hydrogens is 288 g/mol. The average molecular weight is 310 g/mol. The summed E-state index contributed by atoms with van der Waals surface area (Å²) >= 11 is 0. The van der Waals surface area contributed by atoms with E-state index in [0.717, 1.165) is 18.7 Å². The summed E-state index contributed by atoms with van der Waals surface area (Å²) in [6, 6.07) is 7.34. The molecule has 1 amide bonds. The van der Waals surface area contributed by atoms with Crippen LogP contribution in [0.25, 0.3) is 0 Å². The van der Waals surface area contributed by atoms with Gasteiger partial charge in [-0.15, -0.1) is 0 Å². The Morgan fingerprint density at radius 1 is 1.24 bits per heavy atom. The fourth-order valence-electron chi connectivity index (χ4n) is 2.39. The highest BCUT2D eigenvalue weighted by molar-refractivity contribution is 7.91. The Balaban J connectivity index is 2.00. The fourth-order valence-corrected chi connectivity index (χ4v) is 3.88. The minimum atomic E-state index is -2.90. The van der Waals surface area contributed by atoms with Gasteiger partial charge in [-0.05, 0) is 31.4 Å². The molecule has 1 aliphatic heterocycles. The van der Waals surface area contributed by atoms with E-state index in [2.05, 4.69) is 17.6 Å². The van der Waals surface area contributed by atoms with E-state index in [0.29, 0.717) is 18.4 Å². The van der Waals surface area contributed by atoms with Crippen molar-refractivity contribution in [3.05, 3.63) is 29.8 Å². The van der Waals surface area contributed by atoms with Crippen LogP contribution in [0.1, 0.15) is 36.5 Å². The van der Waals surface area contributed by atoms with Gasteiger partial charge >= 0.3 is 0 Å². The van der Waals surface area contributed by atoms with Gasteiger partial charge < -0.3 is 10.6 Å². The first kappa shape index (κ1) is 15.8. The lowest BCUT2D eigenvalue weighted by molar-refractivity contribution is 0.0935. The quantitative estimate of drug-likeness (QED) is 0.870. The van der Waals surface area contributed by atoms with Crippen molar-refractivity contribution in [1.82, 2.24) is 5.32 Å². The Morgan fingerprint density at radius 3 is 2.57 bits per heavy atom. The third-order valence-corrected chi connectivity index (χ3v) is 5.34. The molecule has 1 aromatic rings. The van der Waals surface area contributed by atoms with Crippen molar-refractivity contribution in [1.29, 1.82) is 0 Å². The van der Waals surface area contributed by atoms with Crippen LogP contribution in [-0.2, 0) is 9.84 Å². The highest BCUT2D eigenvalue weighted by atomic mass is 32.2. The SMILES string of the molecule is CCCNc1ccccc1C(=O)NC1CCS(=O)(=O)CC1. The summed E-state index contributed by atoms with van der Waals surface area (Å²) in [5, 5.41) is 6.18. The smallest absolute Gasteiger partial charge is 0.253 e. The molecule has 0 bridgehead atoms. The molecule has 0 aromatic heterocycles. The molecule has 21 heavy (non-hydrogen) atoms. The number of carbonyl (C=O) groups is 1. The zero-order valence-corrected chi connectivity index (χ0v) is 13.1. The predicted molar refractivity (Wildman–Crippen MR) is 84.4 cm³/mol. The first-order valence-electron chi connectivity index (χ1n) is 7.36. The number of hydrogen-bond acceptors (Lipinski definition) is 4. The highest BCUT2D eigenvalue weighted by Crippen LogP contribution is 2.17. The van der Waals surface area contributed by atoms with Crippen LogP contribution in [-0.4, -0.2) is 38.4 Å². The first-order chi connectivity index (χ1) is 10.0. The number of amides is 1. The van der Waals surface area contributed by atoms with Gasteiger partial charge in [0.2, 0.25) is 0 Å². The lowest BCUT2D eigenvalue weighted by atomic mass is 10.1. The maximum atomic E-state index is 12.4. The topological polar surface area (TPSA) is 75.3 Å². The maximum Gasteiger partial charge on any atom is 0.253 e. The van der Waals surface area contributed by atoms with Crippen LogP contribution in [0.4, 0.5) is 5.69 Å². The molecule has 0 atom stereocenters. The standard InChI is InChI=1S/C15H22N2O3S/c1-2-9-16-14-6-4-3-5-13(14)15(18)17-12-7-10-21(19,20)11-8-12/h3-6,12,16H,2,7-11H2,1H3,(H,17,18). The summed E-state index contributed by atoms with van der Waals surface area (Å²) in [5.41, 5.74) is 1.43. The molecule has 116 valence electrons. The summed E-state index contributed by atoms with van der Waals surface area (Å²) < 4.78 is 22.8. The van der Waals surface area contributed by atoms with Gasteiger partial charge in [0, 0.05) is 18.3 Å². The van der Waals surface area contributed by atoms with Gasteiger partial charge in [0.25, 0.3) is 5.91 Å². The van der Waals surface area contributed by atoms with Crippen LogP contribution in [0, 0.1) is 0 Å². The van der Waals surface area contributed by atoms with Crippen molar-refractivity contribution in [2.24, 2.45) is 0 Å². The number of hydrogen-bond donors (Lipinski definition) is 2.